The van der Waals surface area contributed by atoms with Crippen LogP contribution in [-0.2, 0) is 17.9 Å². The molecular formula is C25H26N4O3S. The fraction of sp³-hybridized carbons (Fsp3) is 0.280. The Labute approximate surface area is 195 Å². The van der Waals surface area contributed by atoms with E-state index in [1.807, 2.05) is 48.7 Å². The minimum atomic E-state index is -0.735. The van der Waals surface area contributed by atoms with Gasteiger partial charge in [-0.2, -0.15) is 0 Å². The van der Waals surface area contributed by atoms with Crippen molar-refractivity contribution < 1.29 is 4.79 Å². The van der Waals surface area contributed by atoms with Crippen LogP contribution < -0.4 is 16.4 Å². The molecule has 3 heterocycles. The van der Waals surface area contributed by atoms with Gasteiger partial charge in [0.25, 0.3) is 0 Å². The van der Waals surface area contributed by atoms with Crippen molar-refractivity contribution in [1.29, 1.82) is 0 Å². The molecule has 1 aromatic carbocycles. The summed E-state index contributed by atoms with van der Waals surface area (Å²) in [7, 11) is 0. The smallest absolute Gasteiger partial charge is 0.318 e. The van der Waals surface area contributed by atoms with Gasteiger partial charge in [-0.3, -0.25) is 23.5 Å². The van der Waals surface area contributed by atoms with E-state index in [4.69, 9.17) is 0 Å². The number of nitrogens with zero attached hydrogens (tertiary/aromatic N) is 3. The molecule has 0 aliphatic rings. The summed E-state index contributed by atoms with van der Waals surface area (Å²) >= 11 is 1.58. The summed E-state index contributed by atoms with van der Waals surface area (Å²) in [5, 5.41) is 5.00. The van der Waals surface area contributed by atoms with Crippen molar-refractivity contribution in [2.75, 3.05) is 0 Å². The molecule has 1 atom stereocenters. The molecule has 0 saturated carbocycles. The molecule has 1 N–H and O–H groups in total. The number of hydrogen-bond donors (Lipinski definition) is 1. The van der Waals surface area contributed by atoms with Gasteiger partial charge in [0.1, 0.15) is 6.54 Å². The lowest BCUT2D eigenvalue weighted by atomic mass is 10.1. The Morgan fingerprint density at radius 2 is 1.82 bits per heavy atom. The molecule has 4 aromatic rings. The third-order valence-corrected chi connectivity index (χ3v) is 6.53. The third-order valence-electron chi connectivity index (χ3n) is 5.55. The van der Waals surface area contributed by atoms with E-state index in [2.05, 4.69) is 17.2 Å². The molecule has 0 aliphatic heterocycles. The highest BCUT2D eigenvalue weighted by atomic mass is 32.1. The molecule has 7 nitrogen and oxygen atoms in total. The maximum Gasteiger partial charge on any atom is 0.318 e. The van der Waals surface area contributed by atoms with Crippen molar-refractivity contribution >= 4 is 28.4 Å². The number of amides is 1. The van der Waals surface area contributed by atoms with E-state index < -0.39 is 11.1 Å². The number of nitrogens with one attached hydrogen (secondary N) is 1. The summed E-state index contributed by atoms with van der Waals surface area (Å²) in [5.74, 6) is -0.315. The van der Waals surface area contributed by atoms with Gasteiger partial charge in [-0.1, -0.05) is 49.2 Å². The van der Waals surface area contributed by atoms with E-state index in [-0.39, 0.29) is 25.0 Å². The second kappa shape index (κ2) is 9.95. The Bertz CT molecular complexity index is 1370. The van der Waals surface area contributed by atoms with Gasteiger partial charge in [-0.15, -0.1) is 11.3 Å². The molecule has 0 unspecified atom stereocenters. The Hall–Kier alpha value is -3.52. The van der Waals surface area contributed by atoms with Crippen LogP contribution in [0.5, 0.6) is 0 Å². The molecule has 1 amide bonds. The van der Waals surface area contributed by atoms with E-state index >= 15 is 0 Å². The predicted octanol–water partition coefficient (Wildman–Crippen LogP) is 3.63. The first-order chi connectivity index (χ1) is 16.0. The van der Waals surface area contributed by atoms with Crippen LogP contribution in [0.25, 0.3) is 11.2 Å². The zero-order valence-electron chi connectivity index (χ0n) is 18.7. The first-order valence-electron chi connectivity index (χ1n) is 10.9. The number of carbonyl (C=O) groups excluding carboxylic acids is 1. The number of aromatic nitrogens is 3. The van der Waals surface area contributed by atoms with Crippen molar-refractivity contribution in [1.82, 2.24) is 19.4 Å². The van der Waals surface area contributed by atoms with Crippen LogP contribution in [0.4, 0.5) is 0 Å². The van der Waals surface area contributed by atoms with Crippen molar-refractivity contribution in [2.24, 2.45) is 0 Å². The fourth-order valence-corrected chi connectivity index (χ4v) is 4.68. The van der Waals surface area contributed by atoms with E-state index in [0.29, 0.717) is 11.2 Å². The van der Waals surface area contributed by atoms with Crippen LogP contribution in [0.3, 0.4) is 0 Å². The summed E-state index contributed by atoms with van der Waals surface area (Å²) in [5.41, 5.74) is 1.40. The number of aryl methyl sites for hydroxylation is 1. The van der Waals surface area contributed by atoms with Gasteiger partial charge in [0.05, 0.1) is 18.1 Å². The Balaban J connectivity index is 1.68. The van der Waals surface area contributed by atoms with Gasteiger partial charge in [-0.05, 0) is 42.5 Å². The highest BCUT2D eigenvalue weighted by Gasteiger charge is 2.19. The minimum Gasteiger partial charge on any atom is -0.347 e. The molecule has 8 heteroatoms. The molecule has 0 aliphatic carbocycles. The molecule has 3 aromatic heterocycles. The quantitative estimate of drug-likeness (QED) is 0.405. The molecule has 0 saturated heterocycles. The third kappa shape index (κ3) is 4.96. The number of hydrogen-bond acceptors (Lipinski definition) is 5. The van der Waals surface area contributed by atoms with E-state index in [0.717, 1.165) is 28.8 Å². The second-order valence-electron chi connectivity index (χ2n) is 8.04. The highest BCUT2D eigenvalue weighted by molar-refractivity contribution is 7.10. The maximum atomic E-state index is 13.0. The molecule has 0 fully saturated rings. The fourth-order valence-electron chi connectivity index (χ4n) is 3.87. The van der Waals surface area contributed by atoms with Crippen LogP contribution in [0.2, 0.25) is 0 Å². The Morgan fingerprint density at radius 1 is 1.06 bits per heavy atom. The number of fused-ring (bicyclic) bond motifs is 1. The topological polar surface area (TPSA) is 86.0 Å². The molecule has 0 radical (unpaired) electrons. The first kappa shape index (κ1) is 22.7. The largest absolute Gasteiger partial charge is 0.347 e. The average Bonchev–Trinajstić information content (AvgIpc) is 3.35. The number of benzene rings is 1. The summed E-state index contributed by atoms with van der Waals surface area (Å²) < 4.78 is 2.60. The van der Waals surface area contributed by atoms with Crippen molar-refractivity contribution in [3.8, 4) is 0 Å². The van der Waals surface area contributed by atoms with Crippen LogP contribution in [0.1, 0.15) is 41.8 Å². The summed E-state index contributed by atoms with van der Waals surface area (Å²) in [6, 6.07) is 15.0. The summed E-state index contributed by atoms with van der Waals surface area (Å²) in [4.78, 5) is 44.4. The zero-order chi connectivity index (χ0) is 23.4. The highest BCUT2D eigenvalue weighted by Crippen LogP contribution is 2.23. The summed E-state index contributed by atoms with van der Waals surface area (Å²) in [6.45, 7) is 4.03. The van der Waals surface area contributed by atoms with Crippen molar-refractivity contribution in [2.45, 2.75) is 45.8 Å². The lowest BCUT2D eigenvalue weighted by Crippen LogP contribution is -2.44. The Morgan fingerprint density at radius 3 is 2.52 bits per heavy atom. The number of pyridine rings is 1. The van der Waals surface area contributed by atoms with E-state index in [1.165, 1.54) is 9.13 Å². The number of carbonyl (C=O) groups is 1. The lowest BCUT2D eigenvalue weighted by Gasteiger charge is -2.18. The molecule has 170 valence electrons. The van der Waals surface area contributed by atoms with Gasteiger partial charge in [0.15, 0.2) is 5.65 Å². The van der Waals surface area contributed by atoms with Crippen LogP contribution in [0, 0.1) is 6.92 Å². The average molecular weight is 463 g/mol. The lowest BCUT2D eigenvalue weighted by molar-refractivity contribution is -0.122. The molecular weight excluding hydrogens is 436 g/mol. The minimum absolute atomic E-state index is 0.121. The van der Waals surface area contributed by atoms with Crippen LogP contribution in [0.15, 0.2) is 69.7 Å². The summed E-state index contributed by atoms with van der Waals surface area (Å²) in [6.07, 6.45) is 3.28. The number of rotatable bonds is 8. The van der Waals surface area contributed by atoms with Crippen LogP contribution >= 0.6 is 11.3 Å². The van der Waals surface area contributed by atoms with Gasteiger partial charge in [0, 0.05) is 11.1 Å². The molecule has 33 heavy (non-hydrogen) atoms. The van der Waals surface area contributed by atoms with E-state index in [9.17, 15) is 14.4 Å². The van der Waals surface area contributed by atoms with Crippen molar-refractivity contribution in [3.05, 3.63) is 96.8 Å². The van der Waals surface area contributed by atoms with Gasteiger partial charge >= 0.3 is 11.1 Å². The monoisotopic (exact) mass is 462 g/mol. The molecule has 0 bridgehead atoms. The maximum absolute atomic E-state index is 13.0. The number of thiophene rings is 1. The van der Waals surface area contributed by atoms with Crippen LogP contribution in [-0.4, -0.2) is 20.0 Å². The van der Waals surface area contributed by atoms with Gasteiger partial charge in [-0.25, -0.2) is 4.98 Å². The standard InChI is InChI=1S/C25H26N4O3S/c1-3-6-19(21-8-5-14-33-21)27-22(30)16-28-20-7-4-13-26-23(20)29(25(32)24(28)31)15-18-11-9-17(2)10-12-18/h4-5,7-14,19H,3,6,15-16H2,1-2H3,(H,27,30)/t19-/m1/s1. The van der Waals surface area contributed by atoms with Gasteiger partial charge in [0.2, 0.25) is 5.91 Å². The molecule has 4 rings (SSSR count). The zero-order valence-corrected chi connectivity index (χ0v) is 19.5. The first-order valence-corrected chi connectivity index (χ1v) is 11.8. The second-order valence-corrected chi connectivity index (χ2v) is 9.02. The van der Waals surface area contributed by atoms with Gasteiger partial charge < -0.3 is 5.32 Å². The van der Waals surface area contributed by atoms with E-state index in [1.54, 1.807) is 29.7 Å². The Kier molecular flexibility index (Phi) is 6.84. The molecule has 0 spiro atoms. The van der Waals surface area contributed by atoms with Crippen molar-refractivity contribution in [3.63, 3.8) is 0 Å². The SMILES string of the molecule is CCC[C@@H](NC(=O)Cn1c(=O)c(=O)n(Cc2ccc(C)cc2)c2ncccc21)c1cccs1. The normalized spacial score (nSPS) is 12.1. The predicted molar refractivity (Wildman–Crippen MR) is 131 cm³/mol.